The molecule has 0 spiro atoms. The van der Waals surface area contributed by atoms with Gasteiger partial charge in [0.2, 0.25) is 0 Å². The second-order valence-corrected chi connectivity index (χ2v) is 6.14. The number of carboxylic acid groups (broad SMARTS) is 1. The van der Waals surface area contributed by atoms with Gasteiger partial charge in [-0.1, -0.05) is 0 Å². The van der Waals surface area contributed by atoms with Gasteiger partial charge in [-0.15, -0.1) is 0 Å². The lowest BCUT2D eigenvalue weighted by Crippen LogP contribution is -2.52. The average molecular weight is 286 g/mol. The third-order valence-electron chi connectivity index (χ3n) is 3.85. The van der Waals surface area contributed by atoms with Crippen LogP contribution in [0, 0.1) is 0 Å². The van der Waals surface area contributed by atoms with Crippen LogP contribution < -0.4 is 5.32 Å². The molecule has 114 valence electrons. The van der Waals surface area contributed by atoms with E-state index in [1.165, 1.54) is 4.90 Å². The van der Waals surface area contributed by atoms with E-state index in [9.17, 15) is 14.7 Å². The van der Waals surface area contributed by atoms with Crippen LogP contribution in [0.15, 0.2) is 0 Å². The zero-order chi connectivity index (χ0) is 14.9. The van der Waals surface area contributed by atoms with Crippen LogP contribution in [0.2, 0.25) is 0 Å². The van der Waals surface area contributed by atoms with E-state index in [4.69, 9.17) is 9.84 Å². The van der Waals surface area contributed by atoms with E-state index in [-0.39, 0.29) is 24.6 Å². The summed E-state index contributed by atoms with van der Waals surface area (Å²) in [5.41, 5.74) is -0.285. The van der Waals surface area contributed by atoms with Crippen molar-refractivity contribution in [3.63, 3.8) is 0 Å². The van der Waals surface area contributed by atoms with Crippen LogP contribution in [-0.2, 0) is 9.53 Å². The summed E-state index contributed by atoms with van der Waals surface area (Å²) in [6.45, 7) is 4.56. The summed E-state index contributed by atoms with van der Waals surface area (Å²) in [6, 6.07) is -1.40. The van der Waals surface area contributed by atoms with Gasteiger partial charge in [-0.2, -0.15) is 0 Å². The van der Waals surface area contributed by atoms with Crippen LogP contribution in [0.1, 0.15) is 33.1 Å². The molecule has 3 atom stereocenters. The molecule has 0 aromatic rings. The largest absolute Gasteiger partial charge is 0.480 e. The van der Waals surface area contributed by atoms with Gasteiger partial charge in [0.25, 0.3) is 0 Å². The van der Waals surface area contributed by atoms with E-state index >= 15 is 0 Å². The monoisotopic (exact) mass is 286 g/mol. The number of hydrogen-bond acceptors (Lipinski definition) is 4. The van der Waals surface area contributed by atoms with Crippen LogP contribution >= 0.6 is 0 Å². The normalized spacial score (nSPS) is 33.0. The Bertz CT molecular complexity index is 398. The van der Waals surface area contributed by atoms with Crippen molar-refractivity contribution in [1.82, 2.24) is 10.2 Å². The van der Waals surface area contributed by atoms with Gasteiger partial charge < -0.3 is 25.2 Å². The minimum absolute atomic E-state index is 0.0292. The van der Waals surface area contributed by atoms with Gasteiger partial charge in [0, 0.05) is 25.6 Å². The van der Waals surface area contributed by atoms with Crippen molar-refractivity contribution < 1.29 is 24.5 Å². The van der Waals surface area contributed by atoms with Crippen molar-refractivity contribution in [2.75, 3.05) is 13.2 Å². The third kappa shape index (κ3) is 3.40. The molecule has 0 bridgehead atoms. The summed E-state index contributed by atoms with van der Waals surface area (Å²) in [5, 5.41) is 21.5. The molecule has 0 aromatic heterocycles. The Kier molecular flexibility index (Phi) is 4.19. The molecule has 2 aliphatic rings. The first kappa shape index (κ1) is 15.1. The van der Waals surface area contributed by atoms with Gasteiger partial charge in [0.05, 0.1) is 11.7 Å². The molecule has 2 amide bonds. The molecule has 20 heavy (non-hydrogen) atoms. The fourth-order valence-electron chi connectivity index (χ4n) is 2.88. The minimum Gasteiger partial charge on any atom is -0.480 e. The SMILES string of the molecule is CC1(C)CC(NC(=O)N2CC(O)C[C@H]2C(=O)O)CCO1. The van der Waals surface area contributed by atoms with Gasteiger partial charge in [-0.05, 0) is 26.7 Å². The standard InChI is InChI=1S/C13H22N2O5/c1-13(2)6-8(3-4-20-13)14-12(19)15-7-9(16)5-10(15)11(17)18/h8-10,16H,3-7H2,1-2H3,(H,14,19)(H,17,18)/t8?,9?,10-/m0/s1. The molecule has 7 nitrogen and oxygen atoms in total. The number of likely N-dealkylation sites (tertiary alicyclic amines) is 1. The number of aliphatic hydroxyl groups is 1. The van der Waals surface area contributed by atoms with Gasteiger partial charge in [-0.25, -0.2) is 9.59 Å². The van der Waals surface area contributed by atoms with Gasteiger partial charge >= 0.3 is 12.0 Å². The molecule has 0 aliphatic carbocycles. The average Bonchev–Trinajstić information content (AvgIpc) is 2.70. The van der Waals surface area contributed by atoms with Crippen molar-refractivity contribution in [1.29, 1.82) is 0 Å². The minimum atomic E-state index is -1.08. The molecular weight excluding hydrogens is 264 g/mol. The molecule has 2 fully saturated rings. The third-order valence-corrected chi connectivity index (χ3v) is 3.85. The quantitative estimate of drug-likeness (QED) is 0.672. The number of amides is 2. The summed E-state index contributed by atoms with van der Waals surface area (Å²) in [4.78, 5) is 24.5. The Morgan fingerprint density at radius 1 is 1.40 bits per heavy atom. The number of hydrogen-bond donors (Lipinski definition) is 3. The Balaban J connectivity index is 1.95. The maximum absolute atomic E-state index is 12.2. The van der Waals surface area contributed by atoms with Crippen LogP contribution in [0.4, 0.5) is 4.79 Å². The molecule has 2 saturated heterocycles. The number of nitrogens with one attached hydrogen (secondary N) is 1. The number of carbonyl (C=O) groups is 2. The lowest BCUT2D eigenvalue weighted by atomic mass is 9.94. The molecule has 3 N–H and O–H groups in total. The van der Waals surface area contributed by atoms with E-state index in [0.717, 1.165) is 0 Å². The highest BCUT2D eigenvalue weighted by Gasteiger charge is 2.40. The topological polar surface area (TPSA) is 99.1 Å². The van der Waals surface area contributed by atoms with Crippen LogP contribution in [0.3, 0.4) is 0 Å². The lowest BCUT2D eigenvalue weighted by Gasteiger charge is -2.36. The maximum atomic E-state index is 12.2. The Morgan fingerprint density at radius 3 is 2.70 bits per heavy atom. The fraction of sp³-hybridized carbons (Fsp3) is 0.846. The van der Waals surface area contributed by atoms with Gasteiger partial charge in [-0.3, -0.25) is 0 Å². The molecule has 0 saturated carbocycles. The molecule has 2 unspecified atom stereocenters. The second kappa shape index (κ2) is 5.57. The lowest BCUT2D eigenvalue weighted by molar-refractivity contribution is -0.141. The number of aliphatic carboxylic acids is 1. The van der Waals surface area contributed by atoms with E-state index in [0.29, 0.717) is 19.4 Å². The summed E-state index contributed by atoms with van der Waals surface area (Å²) >= 11 is 0. The van der Waals surface area contributed by atoms with Crippen molar-refractivity contribution in [3.8, 4) is 0 Å². The number of nitrogens with zero attached hydrogens (tertiary/aromatic N) is 1. The van der Waals surface area contributed by atoms with Crippen molar-refractivity contribution in [2.24, 2.45) is 0 Å². The number of aliphatic hydroxyl groups excluding tert-OH is 1. The summed E-state index contributed by atoms with van der Waals surface area (Å²) in [6.07, 6.45) is 0.714. The first-order valence-electron chi connectivity index (χ1n) is 6.90. The number of carboxylic acids is 1. The van der Waals surface area contributed by atoms with Gasteiger partial charge in [0.15, 0.2) is 0 Å². The van der Waals surface area contributed by atoms with Crippen LogP contribution in [0.25, 0.3) is 0 Å². The number of urea groups is 1. The van der Waals surface area contributed by atoms with E-state index in [2.05, 4.69) is 5.32 Å². The number of ether oxygens (including phenoxy) is 1. The Hall–Kier alpha value is -1.34. The van der Waals surface area contributed by atoms with Crippen LogP contribution in [0.5, 0.6) is 0 Å². The highest BCUT2D eigenvalue weighted by molar-refractivity contribution is 5.83. The molecule has 2 aliphatic heterocycles. The number of β-amino-alcohol motifs (C(OH)–C–C–N with tert-alkyl or cyclic N) is 1. The molecule has 0 aromatic carbocycles. The van der Waals surface area contributed by atoms with Crippen molar-refractivity contribution in [3.05, 3.63) is 0 Å². The predicted octanol–water partition coefficient (Wildman–Crippen LogP) is 0.173. The van der Waals surface area contributed by atoms with Crippen LogP contribution in [-0.4, -0.2) is 64.1 Å². The highest BCUT2D eigenvalue weighted by atomic mass is 16.5. The smallest absolute Gasteiger partial charge is 0.326 e. The molecular formula is C13H22N2O5. The van der Waals surface area contributed by atoms with Crippen molar-refractivity contribution >= 4 is 12.0 Å². The molecule has 2 heterocycles. The van der Waals surface area contributed by atoms with E-state index < -0.39 is 24.1 Å². The number of rotatable bonds is 2. The second-order valence-electron chi connectivity index (χ2n) is 6.14. The summed E-state index contributed by atoms with van der Waals surface area (Å²) < 4.78 is 5.58. The molecule has 0 radical (unpaired) electrons. The van der Waals surface area contributed by atoms with Gasteiger partial charge in [0.1, 0.15) is 6.04 Å². The highest BCUT2D eigenvalue weighted by Crippen LogP contribution is 2.25. The Morgan fingerprint density at radius 2 is 2.10 bits per heavy atom. The zero-order valence-corrected chi connectivity index (χ0v) is 11.8. The first-order chi connectivity index (χ1) is 9.28. The predicted molar refractivity (Wildman–Crippen MR) is 70.3 cm³/mol. The van der Waals surface area contributed by atoms with E-state index in [1.54, 1.807) is 0 Å². The summed E-state index contributed by atoms with van der Waals surface area (Å²) in [7, 11) is 0. The molecule has 7 heteroatoms. The maximum Gasteiger partial charge on any atom is 0.326 e. The fourth-order valence-corrected chi connectivity index (χ4v) is 2.88. The molecule has 2 rings (SSSR count). The number of carbonyl (C=O) groups excluding carboxylic acids is 1. The Labute approximate surface area is 117 Å². The van der Waals surface area contributed by atoms with E-state index in [1.807, 2.05) is 13.8 Å². The zero-order valence-electron chi connectivity index (χ0n) is 11.8. The van der Waals surface area contributed by atoms with Crippen molar-refractivity contribution in [2.45, 2.75) is 56.9 Å². The first-order valence-corrected chi connectivity index (χ1v) is 6.90. The summed E-state index contributed by atoms with van der Waals surface area (Å²) in [5.74, 6) is -1.08.